The highest BCUT2D eigenvalue weighted by atomic mass is 16.2. The molecule has 1 aliphatic rings. The van der Waals surface area contributed by atoms with E-state index in [2.05, 4.69) is 34.9 Å². The lowest BCUT2D eigenvalue weighted by atomic mass is 10.1. The molecular weight excluding hydrogens is 236 g/mol. The third-order valence-electron chi connectivity index (χ3n) is 3.59. The van der Waals surface area contributed by atoms with E-state index in [-0.39, 0.29) is 11.9 Å². The Morgan fingerprint density at radius 3 is 2.74 bits per heavy atom. The Labute approximate surface area is 115 Å². The first-order valence-corrected chi connectivity index (χ1v) is 7.30. The van der Waals surface area contributed by atoms with Crippen molar-refractivity contribution >= 4 is 5.91 Å². The maximum Gasteiger partial charge on any atom is 0.236 e. The van der Waals surface area contributed by atoms with Gasteiger partial charge in [-0.2, -0.15) is 0 Å². The Balaban J connectivity index is 1.55. The molecule has 3 heteroatoms. The average Bonchev–Trinajstić information content (AvgIpc) is 3.26. The molecule has 1 atom stereocenters. The van der Waals surface area contributed by atoms with Crippen molar-refractivity contribution in [2.45, 2.75) is 38.6 Å². The molecule has 1 aromatic carbocycles. The molecule has 104 valence electrons. The maximum atomic E-state index is 11.8. The lowest BCUT2D eigenvalue weighted by molar-refractivity contribution is -0.122. The Kier molecular flexibility index (Phi) is 5.40. The van der Waals surface area contributed by atoms with Gasteiger partial charge in [0.15, 0.2) is 0 Å². The molecule has 2 rings (SSSR count). The Morgan fingerprint density at radius 1 is 1.32 bits per heavy atom. The van der Waals surface area contributed by atoms with Crippen LogP contribution < -0.4 is 10.6 Å². The van der Waals surface area contributed by atoms with Gasteiger partial charge in [-0.05, 0) is 50.6 Å². The van der Waals surface area contributed by atoms with E-state index < -0.39 is 0 Å². The standard InChI is InChI=1S/C16H24N2O/c1-13(16(19)18-12-15-9-10-15)17-11-5-8-14-6-3-2-4-7-14/h2-4,6-7,13,15,17H,5,8-12H2,1H3,(H,18,19)/t13-/m1/s1. The number of hydrogen-bond donors (Lipinski definition) is 2. The molecular formula is C16H24N2O. The zero-order chi connectivity index (χ0) is 13.5. The zero-order valence-corrected chi connectivity index (χ0v) is 11.7. The van der Waals surface area contributed by atoms with Crippen molar-refractivity contribution in [2.24, 2.45) is 5.92 Å². The van der Waals surface area contributed by atoms with Gasteiger partial charge in [0.2, 0.25) is 5.91 Å². The first-order valence-electron chi connectivity index (χ1n) is 7.30. The van der Waals surface area contributed by atoms with E-state index in [1.807, 2.05) is 13.0 Å². The predicted molar refractivity (Wildman–Crippen MR) is 78.0 cm³/mol. The SMILES string of the molecule is C[C@@H](NCCCc1ccccc1)C(=O)NCC1CC1. The number of benzene rings is 1. The van der Waals surface area contributed by atoms with Crippen molar-refractivity contribution in [3.05, 3.63) is 35.9 Å². The Bertz CT molecular complexity index is 387. The van der Waals surface area contributed by atoms with Crippen LogP contribution in [0.5, 0.6) is 0 Å². The fourth-order valence-corrected chi connectivity index (χ4v) is 2.07. The van der Waals surface area contributed by atoms with E-state index in [0.717, 1.165) is 31.8 Å². The van der Waals surface area contributed by atoms with Gasteiger partial charge < -0.3 is 10.6 Å². The molecule has 0 spiro atoms. The maximum absolute atomic E-state index is 11.8. The molecule has 0 heterocycles. The molecule has 0 aromatic heterocycles. The van der Waals surface area contributed by atoms with E-state index in [9.17, 15) is 4.79 Å². The normalized spacial score (nSPS) is 16.1. The zero-order valence-electron chi connectivity index (χ0n) is 11.7. The van der Waals surface area contributed by atoms with Crippen molar-refractivity contribution in [1.29, 1.82) is 0 Å². The number of carbonyl (C=O) groups excluding carboxylic acids is 1. The number of carbonyl (C=O) groups is 1. The smallest absolute Gasteiger partial charge is 0.236 e. The van der Waals surface area contributed by atoms with Gasteiger partial charge in [0, 0.05) is 6.54 Å². The molecule has 1 saturated carbocycles. The Morgan fingerprint density at radius 2 is 2.05 bits per heavy atom. The molecule has 0 aliphatic heterocycles. The lowest BCUT2D eigenvalue weighted by Gasteiger charge is -2.13. The number of nitrogens with one attached hydrogen (secondary N) is 2. The van der Waals surface area contributed by atoms with E-state index >= 15 is 0 Å². The molecule has 1 aromatic rings. The van der Waals surface area contributed by atoms with Crippen LogP contribution in [0.15, 0.2) is 30.3 Å². The van der Waals surface area contributed by atoms with Gasteiger partial charge in [-0.1, -0.05) is 30.3 Å². The van der Waals surface area contributed by atoms with Crippen molar-refractivity contribution in [1.82, 2.24) is 10.6 Å². The van der Waals surface area contributed by atoms with E-state index in [4.69, 9.17) is 0 Å². The average molecular weight is 260 g/mol. The second-order valence-corrected chi connectivity index (χ2v) is 5.45. The third kappa shape index (κ3) is 5.43. The van der Waals surface area contributed by atoms with Crippen LogP contribution in [0, 0.1) is 5.92 Å². The monoisotopic (exact) mass is 260 g/mol. The third-order valence-corrected chi connectivity index (χ3v) is 3.59. The van der Waals surface area contributed by atoms with Crippen LogP contribution in [-0.2, 0) is 11.2 Å². The molecule has 1 amide bonds. The van der Waals surface area contributed by atoms with Crippen LogP contribution in [0.25, 0.3) is 0 Å². The minimum absolute atomic E-state index is 0.0884. The summed E-state index contributed by atoms with van der Waals surface area (Å²) in [6, 6.07) is 10.4. The van der Waals surface area contributed by atoms with Crippen molar-refractivity contribution in [2.75, 3.05) is 13.1 Å². The van der Waals surface area contributed by atoms with E-state index in [1.54, 1.807) is 0 Å². The molecule has 0 unspecified atom stereocenters. The summed E-state index contributed by atoms with van der Waals surface area (Å²) in [5.74, 6) is 0.876. The van der Waals surface area contributed by atoms with Crippen molar-refractivity contribution < 1.29 is 4.79 Å². The van der Waals surface area contributed by atoms with Crippen molar-refractivity contribution in [3.8, 4) is 0 Å². The molecule has 1 aliphatic carbocycles. The molecule has 2 N–H and O–H groups in total. The minimum atomic E-state index is -0.0884. The molecule has 19 heavy (non-hydrogen) atoms. The highest BCUT2D eigenvalue weighted by Gasteiger charge is 2.22. The van der Waals surface area contributed by atoms with Gasteiger partial charge >= 0.3 is 0 Å². The molecule has 3 nitrogen and oxygen atoms in total. The predicted octanol–water partition coefficient (Wildman–Crippen LogP) is 2.12. The van der Waals surface area contributed by atoms with Crippen LogP contribution in [0.1, 0.15) is 31.7 Å². The summed E-state index contributed by atoms with van der Waals surface area (Å²) in [6.07, 6.45) is 4.67. The second kappa shape index (κ2) is 7.29. The lowest BCUT2D eigenvalue weighted by Crippen LogP contribution is -2.43. The van der Waals surface area contributed by atoms with Gasteiger partial charge in [0.25, 0.3) is 0 Å². The molecule has 0 radical (unpaired) electrons. The van der Waals surface area contributed by atoms with Crippen LogP contribution in [-0.4, -0.2) is 25.0 Å². The van der Waals surface area contributed by atoms with Gasteiger partial charge in [0.1, 0.15) is 0 Å². The number of aryl methyl sites for hydroxylation is 1. The summed E-state index contributed by atoms with van der Waals surface area (Å²) in [6.45, 7) is 3.67. The van der Waals surface area contributed by atoms with Gasteiger partial charge in [-0.3, -0.25) is 4.79 Å². The Hall–Kier alpha value is -1.35. The summed E-state index contributed by atoms with van der Waals surface area (Å²) in [5.41, 5.74) is 1.36. The summed E-state index contributed by atoms with van der Waals surface area (Å²) in [7, 11) is 0. The van der Waals surface area contributed by atoms with E-state index in [1.165, 1.54) is 18.4 Å². The number of rotatable bonds is 8. The quantitative estimate of drug-likeness (QED) is 0.703. The highest BCUT2D eigenvalue weighted by Crippen LogP contribution is 2.27. The van der Waals surface area contributed by atoms with Gasteiger partial charge in [0.05, 0.1) is 6.04 Å². The number of hydrogen-bond acceptors (Lipinski definition) is 2. The van der Waals surface area contributed by atoms with E-state index in [0.29, 0.717) is 0 Å². The summed E-state index contributed by atoms with van der Waals surface area (Å²) >= 11 is 0. The van der Waals surface area contributed by atoms with Crippen LogP contribution >= 0.6 is 0 Å². The summed E-state index contributed by atoms with van der Waals surface area (Å²) in [5, 5.41) is 6.29. The summed E-state index contributed by atoms with van der Waals surface area (Å²) < 4.78 is 0. The molecule has 0 saturated heterocycles. The van der Waals surface area contributed by atoms with Gasteiger partial charge in [-0.25, -0.2) is 0 Å². The molecule has 1 fully saturated rings. The fraction of sp³-hybridized carbons (Fsp3) is 0.562. The minimum Gasteiger partial charge on any atom is -0.354 e. The van der Waals surface area contributed by atoms with Crippen LogP contribution in [0.3, 0.4) is 0 Å². The first-order chi connectivity index (χ1) is 9.25. The molecule has 0 bridgehead atoms. The largest absolute Gasteiger partial charge is 0.354 e. The fourth-order valence-electron chi connectivity index (χ4n) is 2.07. The first kappa shape index (κ1) is 14.1. The highest BCUT2D eigenvalue weighted by molar-refractivity contribution is 5.81. The van der Waals surface area contributed by atoms with Crippen LogP contribution in [0.2, 0.25) is 0 Å². The van der Waals surface area contributed by atoms with Gasteiger partial charge in [-0.15, -0.1) is 0 Å². The van der Waals surface area contributed by atoms with Crippen molar-refractivity contribution in [3.63, 3.8) is 0 Å². The van der Waals surface area contributed by atoms with Crippen LogP contribution in [0.4, 0.5) is 0 Å². The topological polar surface area (TPSA) is 41.1 Å². The number of amides is 1. The summed E-state index contributed by atoms with van der Waals surface area (Å²) in [4.78, 5) is 11.8. The second-order valence-electron chi connectivity index (χ2n) is 5.45.